The molecule has 108 valence electrons. The maximum Gasteiger partial charge on any atom is 0.253 e. The summed E-state index contributed by atoms with van der Waals surface area (Å²) < 4.78 is 0.969. The summed E-state index contributed by atoms with van der Waals surface area (Å²) in [6, 6.07) is 7.73. The summed E-state index contributed by atoms with van der Waals surface area (Å²) in [5.74, 6) is 0.184. The predicted molar refractivity (Wildman–Crippen MR) is 83.8 cm³/mol. The standard InChI is InChI=1S/C16H21BrN2O/c17-14-4-1-3-13(11-14)15(20)19-10-2-5-16(12-19)6-8-18-9-7-16/h1,3-4,11,18H,2,5-10,12H2. The van der Waals surface area contributed by atoms with E-state index in [0.29, 0.717) is 5.41 Å². The largest absolute Gasteiger partial charge is 0.338 e. The fraction of sp³-hybridized carbons (Fsp3) is 0.562. The molecule has 2 aliphatic heterocycles. The van der Waals surface area contributed by atoms with Crippen molar-refractivity contribution in [1.29, 1.82) is 0 Å². The van der Waals surface area contributed by atoms with Crippen molar-refractivity contribution in [2.75, 3.05) is 26.2 Å². The van der Waals surface area contributed by atoms with Crippen LogP contribution in [0.25, 0.3) is 0 Å². The van der Waals surface area contributed by atoms with Crippen LogP contribution in [-0.2, 0) is 0 Å². The van der Waals surface area contributed by atoms with Crippen LogP contribution in [0.5, 0.6) is 0 Å². The summed E-state index contributed by atoms with van der Waals surface area (Å²) in [5, 5.41) is 3.43. The monoisotopic (exact) mass is 336 g/mol. The van der Waals surface area contributed by atoms with Crippen LogP contribution in [0.3, 0.4) is 0 Å². The lowest BCUT2D eigenvalue weighted by Gasteiger charge is -2.45. The van der Waals surface area contributed by atoms with E-state index in [1.165, 1.54) is 19.3 Å². The van der Waals surface area contributed by atoms with E-state index in [1.807, 2.05) is 24.3 Å². The molecule has 20 heavy (non-hydrogen) atoms. The second-order valence-corrected chi connectivity index (χ2v) is 7.01. The third-order valence-electron chi connectivity index (χ3n) is 4.68. The number of carbonyl (C=O) groups excluding carboxylic acids is 1. The number of benzene rings is 1. The van der Waals surface area contributed by atoms with Gasteiger partial charge in [-0.05, 0) is 62.4 Å². The minimum absolute atomic E-state index is 0.184. The molecule has 0 aromatic heterocycles. The molecule has 1 aromatic rings. The quantitative estimate of drug-likeness (QED) is 0.854. The van der Waals surface area contributed by atoms with Crippen LogP contribution in [0, 0.1) is 5.41 Å². The molecular weight excluding hydrogens is 316 g/mol. The Balaban J connectivity index is 1.74. The zero-order valence-corrected chi connectivity index (χ0v) is 13.3. The summed E-state index contributed by atoms with van der Waals surface area (Å²) in [7, 11) is 0. The average Bonchev–Trinajstić information content (AvgIpc) is 2.47. The smallest absolute Gasteiger partial charge is 0.253 e. The van der Waals surface area contributed by atoms with Gasteiger partial charge in [0.15, 0.2) is 0 Å². The van der Waals surface area contributed by atoms with Gasteiger partial charge in [-0.25, -0.2) is 0 Å². The maximum absolute atomic E-state index is 12.7. The van der Waals surface area contributed by atoms with Gasteiger partial charge in [-0.3, -0.25) is 4.79 Å². The molecular formula is C16H21BrN2O. The number of nitrogens with one attached hydrogen (secondary N) is 1. The number of hydrogen-bond acceptors (Lipinski definition) is 2. The first-order chi connectivity index (χ1) is 9.69. The van der Waals surface area contributed by atoms with Crippen molar-refractivity contribution in [3.63, 3.8) is 0 Å². The fourth-order valence-electron chi connectivity index (χ4n) is 3.55. The minimum atomic E-state index is 0.184. The van der Waals surface area contributed by atoms with Crippen molar-refractivity contribution in [3.05, 3.63) is 34.3 Å². The number of halogens is 1. The van der Waals surface area contributed by atoms with Crippen molar-refractivity contribution in [2.24, 2.45) is 5.41 Å². The summed E-state index contributed by atoms with van der Waals surface area (Å²) in [4.78, 5) is 14.7. The molecule has 0 bridgehead atoms. The summed E-state index contributed by atoms with van der Waals surface area (Å²) in [5.41, 5.74) is 1.16. The van der Waals surface area contributed by atoms with Crippen molar-refractivity contribution >= 4 is 21.8 Å². The second-order valence-electron chi connectivity index (χ2n) is 6.09. The highest BCUT2D eigenvalue weighted by Crippen LogP contribution is 2.38. The van der Waals surface area contributed by atoms with E-state index < -0.39 is 0 Å². The molecule has 3 rings (SSSR count). The lowest BCUT2D eigenvalue weighted by molar-refractivity contribution is 0.0411. The zero-order valence-electron chi connectivity index (χ0n) is 11.7. The van der Waals surface area contributed by atoms with Crippen LogP contribution in [0.15, 0.2) is 28.7 Å². The number of carbonyl (C=O) groups is 1. The van der Waals surface area contributed by atoms with Crippen molar-refractivity contribution in [3.8, 4) is 0 Å². The molecule has 0 unspecified atom stereocenters. The number of hydrogen-bond donors (Lipinski definition) is 1. The van der Waals surface area contributed by atoms with Crippen LogP contribution >= 0.6 is 15.9 Å². The van der Waals surface area contributed by atoms with Crippen molar-refractivity contribution < 1.29 is 4.79 Å². The van der Waals surface area contributed by atoms with E-state index in [4.69, 9.17) is 0 Å². The van der Waals surface area contributed by atoms with Gasteiger partial charge in [0.25, 0.3) is 5.91 Å². The molecule has 2 heterocycles. The molecule has 2 saturated heterocycles. The third kappa shape index (κ3) is 2.91. The predicted octanol–water partition coefficient (Wildman–Crippen LogP) is 3.05. The normalized spacial score (nSPS) is 21.9. The van der Waals surface area contributed by atoms with Gasteiger partial charge in [0.1, 0.15) is 0 Å². The Labute approximate surface area is 128 Å². The number of likely N-dealkylation sites (tertiary alicyclic amines) is 1. The van der Waals surface area contributed by atoms with Crippen LogP contribution in [-0.4, -0.2) is 37.0 Å². The Hall–Kier alpha value is -0.870. The molecule has 0 saturated carbocycles. The second kappa shape index (κ2) is 5.86. The van der Waals surface area contributed by atoms with Crippen LogP contribution in [0.1, 0.15) is 36.0 Å². The third-order valence-corrected chi connectivity index (χ3v) is 5.18. The van der Waals surface area contributed by atoms with Crippen LogP contribution in [0.2, 0.25) is 0 Å². The Bertz CT molecular complexity index is 491. The van der Waals surface area contributed by atoms with Gasteiger partial charge < -0.3 is 10.2 Å². The molecule has 2 aliphatic rings. The first kappa shape index (κ1) is 14.1. The molecule has 0 atom stereocenters. The van der Waals surface area contributed by atoms with E-state index in [9.17, 15) is 4.79 Å². The number of piperidine rings is 2. The summed E-state index contributed by atoms with van der Waals surface area (Å²) >= 11 is 3.45. The number of nitrogens with zero attached hydrogens (tertiary/aromatic N) is 1. The molecule has 0 radical (unpaired) electrons. The van der Waals surface area contributed by atoms with E-state index in [-0.39, 0.29) is 5.91 Å². The zero-order chi connectivity index (χ0) is 14.0. The first-order valence-corrected chi connectivity index (χ1v) is 8.23. The van der Waals surface area contributed by atoms with Crippen molar-refractivity contribution in [2.45, 2.75) is 25.7 Å². The molecule has 1 spiro atoms. The molecule has 0 aliphatic carbocycles. The lowest BCUT2D eigenvalue weighted by atomic mass is 9.73. The molecule has 2 fully saturated rings. The lowest BCUT2D eigenvalue weighted by Crippen LogP contribution is -2.50. The van der Waals surface area contributed by atoms with Gasteiger partial charge in [-0.2, -0.15) is 0 Å². The highest BCUT2D eigenvalue weighted by atomic mass is 79.9. The van der Waals surface area contributed by atoms with E-state index >= 15 is 0 Å². The topological polar surface area (TPSA) is 32.3 Å². The van der Waals surface area contributed by atoms with Gasteiger partial charge in [0.05, 0.1) is 0 Å². The van der Waals surface area contributed by atoms with Crippen molar-refractivity contribution in [1.82, 2.24) is 10.2 Å². The summed E-state index contributed by atoms with van der Waals surface area (Å²) in [6.45, 7) is 4.03. The summed E-state index contributed by atoms with van der Waals surface area (Å²) in [6.07, 6.45) is 4.82. The minimum Gasteiger partial charge on any atom is -0.338 e. The van der Waals surface area contributed by atoms with Gasteiger partial charge in [-0.15, -0.1) is 0 Å². The average molecular weight is 337 g/mol. The Kier molecular flexibility index (Phi) is 4.13. The van der Waals surface area contributed by atoms with E-state index in [2.05, 4.69) is 26.1 Å². The molecule has 1 N–H and O–H groups in total. The first-order valence-electron chi connectivity index (χ1n) is 7.44. The number of rotatable bonds is 1. The number of amides is 1. The van der Waals surface area contributed by atoms with Gasteiger partial charge in [0.2, 0.25) is 0 Å². The van der Waals surface area contributed by atoms with E-state index in [1.54, 1.807) is 0 Å². The van der Waals surface area contributed by atoms with Crippen LogP contribution in [0.4, 0.5) is 0 Å². The highest BCUT2D eigenvalue weighted by Gasteiger charge is 2.38. The molecule has 3 nitrogen and oxygen atoms in total. The van der Waals surface area contributed by atoms with E-state index in [0.717, 1.165) is 42.6 Å². The van der Waals surface area contributed by atoms with Gasteiger partial charge in [0, 0.05) is 23.1 Å². The van der Waals surface area contributed by atoms with Gasteiger partial charge in [-0.1, -0.05) is 22.0 Å². The van der Waals surface area contributed by atoms with Crippen LogP contribution < -0.4 is 5.32 Å². The molecule has 4 heteroatoms. The maximum atomic E-state index is 12.7. The molecule has 1 aromatic carbocycles. The Morgan fingerprint density at radius 3 is 2.80 bits per heavy atom. The SMILES string of the molecule is O=C(c1cccc(Br)c1)N1CCCC2(CCNCC2)C1. The van der Waals surface area contributed by atoms with Gasteiger partial charge >= 0.3 is 0 Å². The fourth-order valence-corrected chi connectivity index (χ4v) is 3.95. The highest BCUT2D eigenvalue weighted by molar-refractivity contribution is 9.10. The Morgan fingerprint density at radius 1 is 1.25 bits per heavy atom. The molecule has 1 amide bonds. The Morgan fingerprint density at radius 2 is 2.05 bits per heavy atom.